The summed E-state index contributed by atoms with van der Waals surface area (Å²) in [5.41, 5.74) is 1.47. The standard InChI is InChI=1S/C19H22ClN3S/c20-16-9-7-15(8-10-16)19(11-3-1-4-12-19)14-22-18(24)23-17-6-2-5-13-21-17/h2,5-10,13H,1,3-4,11-12,14H2,(H2,21,22,23,24). The van der Waals surface area contributed by atoms with Gasteiger partial charge in [-0.25, -0.2) is 4.98 Å². The van der Waals surface area contributed by atoms with Gasteiger partial charge in [0.25, 0.3) is 0 Å². The Morgan fingerprint density at radius 3 is 2.50 bits per heavy atom. The molecule has 24 heavy (non-hydrogen) atoms. The summed E-state index contributed by atoms with van der Waals surface area (Å²) in [7, 11) is 0. The van der Waals surface area contributed by atoms with Crippen molar-refractivity contribution in [1.82, 2.24) is 10.3 Å². The lowest BCUT2D eigenvalue weighted by Gasteiger charge is -2.38. The molecule has 2 aromatic rings. The molecule has 1 aromatic heterocycles. The highest BCUT2D eigenvalue weighted by Gasteiger charge is 2.33. The number of benzene rings is 1. The molecule has 0 bridgehead atoms. The second kappa shape index (κ2) is 7.95. The fourth-order valence-corrected chi connectivity index (χ4v) is 3.75. The number of halogens is 1. The van der Waals surface area contributed by atoms with Crippen LogP contribution < -0.4 is 10.6 Å². The van der Waals surface area contributed by atoms with Crippen LogP contribution in [0.3, 0.4) is 0 Å². The molecule has 1 saturated carbocycles. The van der Waals surface area contributed by atoms with Crippen LogP contribution in [0, 0.1) is 0 Å². The Kier molecular flexibility index (Phi) is 5.69. The lowest BCUT2D eigenvalue weighted by Crippen LogP contribution is -2.43. The van der Waals surface area contributed by atoms with Crippen molar-refractivity contribution in [3.05, 3.63) is 59.2 Å². The summed E-state index contributed by atoms with van der Waals surface area (Å²) in [6, 6.07) is 14.0. The van der Waals surface area contributed by atoms with Crippen LogP contribution >= 0.6 is 23.8 Å². The largest absolute Gasteiger partial charge is 0.362 e. The molecule has 0 spiro atoms. The Labute approximate surface area is 153 Å². The van der Waals surface area contributed by atoms with Crippen molar-refractivity contribution < 1.29 is 0 Å². The number of aromatic nitrogens is 1. The summed E-state index contributed by atoms with van der Waals surface area (Å²) >= 11 is 11.5. The molecule has 0 saturated heterocycles. The third kappa shape index (κ3) is 4.25. The Balaban J connectivity index is 1.68. The maximum Gasteiger partial charge on any atom is 0.171 e. The molecule has 0 atom stereocenters. The van der Waals surface area contributed by atoms with E-state index in [9.17, 15) is 0 Å². The lowest BCUT2D eigenvalue weighted by molar-refractivity contribution is 0.292. The minimum Gasteiger partial charge on any atom is -0.362 e. The van der Waals surface area contributed by atoms with E-state index in [1.807, 2.05) is 30.3 Å². The molecule has 0 radical (unpaired) electrons. The van der Waals surface area contributed by atoms with E-state index in [0.29, 0.717) is 5.11 Å². The van der Waals surface area contributed by atoms with Crippen LogP contribution in [-0.2, 0) is 5.41 Å². The number of rotatable bonds is 4. The molecule has 126 valence electrons. The first-order valence-electron chi connectivity index (χ1n) is 8.40. The number of hydrogen-bond donors (Lipinski definition) is 2. The summed E-state index contributed by atoms with van der Waals surface area (Å²) in [6.45, 7) is 0.827. The predicted octanol–water partition coefficient (Wildman–Crippen LogP) is 4.92. The first-order chi connectivity index (χ1) is 11.7. The number of pyridine rings is 1. The highest BCUT2D eigenvalue weighted by atomic mass is 35.5. The van der Waals surface area contributed by atoms with Crippen LogP contribution in [0.15, 0.2) is 48.7 Å². The Bertz CT molecular complexity index is 667. The van der Waals surface area contributed by atoms with Crippen molar-refractivity contribution in [3.63, 3.8) is 0 Å². The van der Waals surface area contributed by atoms with Crippen molar-refractivity contribution in [2.24, 2.45) is 0 Å². The molecule has 0 amide bonds. The lowest BCUT2D eigenvalue weighted by atomic mass is 9.69. The van der Waals surface area contributed by atoms with Gasteiger partial charge >= 0.3 is 0 Å². The van der Waals surface area contributed by atoms with Crippen molar-refractivity contribution in [2.75, 3.05) is 11.9 Å². The van der Waals surface area contributed by atoms with Gasteiger partial charge in [-0.05, 0) is 54.9 Å². The third-order valence-electron chi connectivity index (χ3n) is 4.76. The van der Waals surface area contributed by atoms with Crippen molar-refractivity contribution in [1.29, 1.82) is 0 Å². The van der Waals surface area contributed by atoms with Crippen LogP contribution in [0.2, 0.25) is 5.02 Å². The van der Waals surface area contributed by atoms with Gasteiger partial charge in [0.2, 0.25) is 0 Å². The second-order valence-corrected chi connectivity index (χ2v) is 7.22. The minimum atomic E-state index is 0.124. The fraction of sp³-hybridized carbons (Fsp3) is 0.368. The monoisotopic (exact) mass is 359 g/mol. The molecular formula is C19H22ClN3S. The van der Waals surface area contributed by atoms with Crippen molar-refractivity contribution in [3.8, 4) is 0 Å². The zero-order valence-electron chi connectivity index (χ0n) is 13.6. The van der Waals surface area contributed by atoms with E-state index in [0.717, 1.165) is 17.4 Å². The number of anilines is 1. The molecular weight excluding hydrogens is 338 g/mol. The molecule has 1 aromatic carbocycles. The number of nitrogens with one attached hydrogen (secondary N) is 2. The van der Waals surface area contributed by atoms with E-state index >= 15 is 0 Å². The summed E-state index contributed by atoms with van der Waals surface area (Å²) < 4.78 is 0. The van der Waals surface area contributed by atoms with Gasteiger partial charge in [-0.1, -0.05) is 49.1 Å². The average molecular weight is 360 g/mol. The van der Waals surface area contributed by atoms with Crippen LogP contribution in [0.4, 0.5) is 5.82 Å². The van der Waals surface area contributed by atoms with E-state index < -0.39 is 0 Å². The van der Waals surface area contributed by atoms with Gasteiger partial charge in [-0.15, -0.1) is 0 Å². The number of nitrogens with zero attached hydrogens (tertiary/aromatic N) is 1. The topological polar surface area (TPSA) is 37.0 Å². The smallest absolute Gasteiger partial charge is 0.171 e. The molecule has 3 nitrogen and oxygen atoms in total. The fourth-order valence-electron chi connectivity index (χ4n) is 3.45. The highest BCUT2D eigenvalue weighted by Crippen LogP contribution is 2.39. The van der Waals surface area contributed by atoms with Gasteiger partial charge in [0.15, 0.2) is 5.11 Å². The van der Waals surface area contributed by atoms with Gasteiger partial charge in [0, 0.05) is 23.2 Å². The maximum atomic E-state index is 6.06. The maximum absolute atomic E-state index is 6.06. The molecule has 1 aliphatic carbocycles. The van der Waals surface area contributed by atoms with Crippen LogP contribution in [0.1, 0.15) is 37.7 Å². The SMILES string of the molecule is S=C(NCC1(c2ccc(Cl)cc2)CCCCC1)Nc1ccccn1. The zero-order chi connectivity index (χ0) is 16.8. The first kappa shape index (κ1) is 17.2. The first-order valence-corrected chi connectivity index (χ1v) is 9.19. The molecule has 2 N–H and O–H groups in total. The molecule has 5 heteroatoms. The van der Waals surface area contributed by atoms with Gasteiger partial charge in [0.1, 0.15) is 5.82 Å². The second-order valence-electron chi connectivity index (χ2n) is 6.37. The van der Waals surface area contributed by atoms with Gasteiger partial charge < -0.3 is 10.6 Å². The Morgan fingerprint density at radius 2 is 1.83 bits per heavy atom. The number of hydrogen-bond acceptors (Lipinski definition) is 2. The molecule has 3 rings (SSSR count). The summed E-state index contributed by atoms with van der Waals surface area (Å²) in [5.74, 6) is 0.763. The highest BCUT2D eigenvalue weighted by molar-refractivity contribution is 7.80. The third-order valence-corrected chi connectivity index (χ3v) is 5.26. The summed E-state index contributed by atoms with van der Waals surface area (Å²) in [4.78, 5) is 4.25. The molecule has 1 fully saturated rings. The van der Waals surface area contributed by atoms with E-state index in [1.165, 1.54) is 37.7 Å². The average Bonchev–Trinajstić information content (AvgIpc) is 2.62. The van der Waals surface area contributed by atoms with Crippen LogP contribution in [0.25, 0.3) is 0 Å². The van der Waals surface area contributed by atoms with E-state index in [-0.39, 0.29) is 5.41 Å². The zero-order valence-corrected chi connectivity index (χ0v) is 15.2. The quantitative estimate of drug-likeness (QED) is 0.759. The normalized spacial score (nSPS) is 16.4. The molecule has 1 heterocycles. The number of thiocarbonyl (C=S) groups is 1. The van der Waals surface area contributed by atoms with Crippen LogP contribution in [-0.4, -0.2) is 16.6 Å². The van der Waals surface area contributed by atoms with Gasteiger partial charge in [-0.3, -0.25) is 0 Å². The van der Waals surface area contributed by atoms with Crippen molar-refractivity contribution >= 4 is 34.7 Å². The van der Waals surface area contributed by atoms with E-state index in [2.05, 4.69) is 27.8 Å². The molecule has 0 aliphatic heterocycles. The van der Waals surface area contributed by atoms with Gasteiger partial charge in [0.05, 0.1) is 0 Å². The van der Waals surface area contributed by atoms with E-state index in [1.54, 1.807) is 6.20 Å². The summed E-state index contributed by atoms with van der Waals surface area (Å²) in [6.07, 6.45) is 7.92. The van der Waals surface area contributed by atoms with E-state index in [4.69, 9.17) is 23.8 Å². The van der Waals surface area contributed by atoms with Crippen molar-refractivity contribution in [2.45, 2.75) is 37.5 Å². The van der Waals surface area contributed by atoms with Crippen LogP contribution in [0.5, 0.6) is 0 Å². The molecule has 0 unspecified atom stereocenters. The Hall–Kier alpha value is -1.65. The predicted molar refractivity (Wildman–Crippen MR) is 105 cm³/mol. The minimum absolute atomic E-state index is 0.124. The Morgan fingerprint density at radius 1 is 1.08 bits per heavy atom. The van der Waals surface area contributed by atoms with Gasteiger partial charge in [-0.2, -0.15) is 0 Å². The molecule has 1 aliphatic rings. The summed E-state index contributed by atoms with van der Waals surface area (Å²) in [5, 5.41) is 7.95.